The molecule has 0 aromatic rings. The molecule has 0 saturated carbocycles. The molecule has 0 aromatic carbocycles. The highest BCUT2D eigenvalue weighted by atomic mass is 16.4. The van der Waals surface area contributed by atoms with Crippen LogP contribution < -0.4 is 0 Å². The number of aliphatic carboxylic acids is 1. The number of hydrogen-bond acceptors (Lipinski definition) is 3. The topological polar surface area (TPSA) is 43.8 Å². The average molecular weight is 214 g/mol. The van der Waals surface area contributed by atoms with Gasteiger partial charge in [0, 0.05) is 32.2 Å². The van der Waals surface area contributed by atoms with Crippen molar-refractivity contribution in [1.29, 1.82) is 0 Å². The Morgan fingerprint density at radius 2 is 2.13 bits per heavy atom. The van der Waals surface area contributed by atoms with Gasteiger partial charge in [-0.3, -0.25) is 9.69 Å². The van der Waals surface area contributed by atoms with Crippen molar-refractivity contribution in [2.45, 2.75) is 26.3 Å². The van der Waals surface area contributed by atoms with Crippen molar-refractivity contribution in [3.63, 3.8) is 0 Å². The first-order valence-corrected chi connectivity index (χ1v) is 5.70. The molecule has 0 amide bonds. The van der Waals surface area contributed by atoms with Gasteiger partial charge >= 0.3 is 5.97 Å². The first kappa shape index (κ1) is 12.5. The normalized spacial score (nSPS) is 27.3. The Morgan fingerprint density at radius 3 is 2.67 bits per heavy atom. The minimum Gasteiger partial charge on any atom is -0.481 e. The van der Waals surface area contributed by atoms with Crippen LogP contribution >= 0.6 is 0 Å². The molecule has 1 rings (SSSR count). The second-order valence-electron chi connectivity index (χ2n) is 4.55. The van der Waals surface area contributed by atoms with Crippen LogP contribution in [0.4, 0.5) is 0 Å². The fourth-order valence-electron chi connectivity index (χ4n) is 2.01. The highest BCUT2D eigenvalue weighted by molar-refractivity contribution is 5.70. The third-order valence-electron chi connectivity index (χ3n) is 3.32. The molecule has 2 atom stereocenters. The lowest BCUT2D eigenvalue weighted by molar-refractivity contribution is -0.142. The minimum atomic E-state index is -0.669. The Hall–Kier alpha value is -0.610. The van der Waals surface area contributed by atoms with Crippen LogP contribution in [-0.4, -0.2) is 60.1 Å². The molecule has 0 aromatic heterocycles. The van der Waals surface area contributed by atoms with E-state index in [0.717, 1.165) is 19.5 Å². The van der Waals surface area contributed by atoms with E-state index in [1.807, 2.05) is 7.05 Å². The average Bonchev–Trinajstić information content (AvgIpc) is 2.39. The van der Waals surface area contributed by atoms with E-state index in [4.69, 9.17) is 5.11 Å². The van der Waals surface area contributed by atoms with Crippen molar-refractivity contribution in [1.82, 2.24) is 9.80 Å². The molecule has 1 heterocycles. The van der Waals surface area contributed by atoms with Crippen LogP contribution in [0.5, 0.6) is 0 Å². The van der Waals surface area contributed by atoms with Gasteiger partial charge < -0.3 is 10.0 Å². The second-order valence-corrected chi connectivity index (χ2v) is 4.55. The van der Waals surface area contributed by atoms with E-state index in [-0.39, 0.29) is 5.92 Å². The zero-order valence-electron chi connectivity index (χ0n) is 9.94. The van der Waals surface area contributed by atoms with Gasteiger partial charge in [-0.25, -0.2) is 0 Å². The number of nitrogens with zero attached hydrogens (tertiary/aromatic N) is 2. The summed E-state index contributed by atoms with van der Waals surface area (Å²) in [5.74, 6) is -0.913. The molecule has 88 valence electrons. The fraction of sp³-hybridized carbons (Fsp3) is 0.909. The molecule has 1 aliphatic rings. The van der Waals surface area contributed by atoms with Crippen molar-refractivity contribution in [2.75, 3.05) is 33.2 Å². The van der Waals surface area contributed by atoms with Gasteiger partial charge in [-0.1, -0.05) is 6.92 Å². The van der Waals surface area contributed by atoms with Crippen molar-refractivity contribution < 1.29 is 9.90 Å². The zero-order valence-corrected chi connectivity index (χ0v) is 9.94. The third kappa shape index (κ3) is 3.47. The van der Waals surface area contributed by atoms with Crippen molar-refractivity contribution in [3.05, 3.63) is 0 Å². The zero-order chi connectivity index (χ0) is 11.4. The minimum absolute atomic E-state index is 0.244. The molecule has 15 heavy (non-hydrogen) atoms. The Morgan fingerprint density at radius 1 is 1.47 bits per heavy atom. The van der Waals surface area contributed by atoms with Crippen LogP contribution in [0.2, 0.25) is 0 Å². The Bertz CT molecular complexity index is 221. The molecule has 2 unspecified atom stereocenters. The third-order valence-corrected chi connectivity index (χ3v) is 3.32. The van der Waals surface area contributed by atoms with Crippen molar-refractivity contribution in [2.24, 2.45) is 5.92 Å². The lowest BCUT2D eigenvalue weighted by atomic mass is 10.1. The highest BCUT2D eigenvalue weighted by Gasteiger charge is 2.27. The number of hydrogen-bond donors (Lipinski definition) is 1. The van der Waals surface area contributed by atoms with Crippen LogP contribution in [0, 0.1) is 5.92 Å². The maximum atomic E-state index is 11.1. The maximum absolute atomic E-state index is 11.1. The van der Waals surface area contributed by atoms with Crippen molar-refractivity contribution in [3.8, 4) is 0 Å². The predicted molar refractivity (Wildman–Crippen MR) is 59.9 cm³/mol. The first-order valence-electron chi connectivity index (χ1n) is 5.70. The van der Waals surface area contributed by atoms with E-state index < -0.39 is 5.97 Å². The van der Waals surface area contributed by atoms with Crippen LogP contribution in [0.25, 0.3) is 0 Å². The van der Waals surface area contributed by atoms with E-state index in [2.05, 4.69) is 23.6 Å². The lowest BCUT2D eigenvalue weighted by Gasteiger charge is -2.27. The highest BCUT2D eigenvalue weighted by Crippen LogP contribution is 2.13. The molecular weight excluding hydrogens is 192 g/mol. The molecule has 1 saturated heterocycles. The second kappa shape index (κ2) is 5.47. The molecule has 1 N–H and O–H groups in total. The fourth-order valence-corrected chi connectivity index (χ4v) is 2.01. The molecule has 0 bridgehead atoms. The summed E-state index contributed by atoms with van der Waals surface area (Å²) in [5.41, 5.74) is 0. The number of likely N-dealkylation sites (N-methyl/N-ethyl adjacent to an activating group) is 1. The van der Waals surface area contributed by atoms with E-state index in [0.29, 0.717) is 19.1 Å². The molecular formula is C11H22N2O2. The summed E-state index contributed by atoms with van der Waals surface area (Å²) in [6.45, 7) is 7.62. The monoisotopic (exact) mass is 214 g/mol. The largest absolute Gasteiger partial charge is 0.481 e. The van der Waals surface area contributed by atoms with Gasteiger partial charge in [0.05, 0.1) is 5.92 Å². The quantitative estimate of drug-likeness (QED) is 0.752. The Labute approximate surface area is 91.9 Å². The van der Waals surface area contributed by atoms with Gasteiger partial charge in [0.1, 0.15) is 0 Å². The Balaban J connectivity index is 2.64. The van der Waals surface area contributed by atoms with Crippen molar-refractivity contribution >= 4 is 5.97 Å². The van der Waals surface area contributed by atoms with Crippen LogP contribution in [-0.2, 0) is 4.79 Å². The van der Waals surface area contributed by atoms with Crippen LogP contribution in [0.1, 0.15) is 20.3 Å². The standard InChI is InChI=1S/C11H22N2O2/c1-4-9(2)13-6-5-12(3)7-10(8-13)11(14)15/h9-10H,4-8H2,1-3H3,(H,14,15). The molecule has 1 fully saturated rings. The van der Waals surface area contributed by atoms with Crippen LogP contribution in [0.15, 0.2) is 0 Å². The summed E-state index contributed by atoms with van der Waals surface area (Å²) < 4.78 is 0. The lowest BCUT2D eigenvalue weighted by Crippen LogP contribution is -2.39. The molecule has 0 radical (unpaired) electrons. The summed E-state index contributed by atoms with van der Waals surface area (Å²) in [7, 11) is 2.00. The van der Waals surface area contributed by atoms with Gasteiger partial charge in [-0.05, 0) is 20.4 Å². The van der Waals surface area contributed by atoms with Gasteiger partial charge in [-0.15, -0.1) is 0 Å². The van der Waals surface area contributed by atoms with Gasteiger partial charge in [0.2, 0.25) is 0 Å². The molecule has 4 nitrogen and oxygen atoms in total. The number of carbonyl (C=O) groups is 1. The molecule has 1 aliphatic heterocycles. The van der Waals surface area contributed by atoms with Gasteiger partial charge in [0.25, 0.3) is 0 Å². The SMILES string of the molecule is CCC(C)N1CCN(C)CC(C(=O)O)C1. The van der Waals surface area contributed by atoms with E-state index >= 15 is 0 Å². The number of rotatable bonds is 3. The summed E-state index contributed by atoms with van der Waals surface area (Å²) in [5, 5.41) is 9.10. The smallest absolute Gasteiger partial charge is 0.309 e. The first-order chi connectivity index (χ1) is 7.04. The molecule has 4 heteroatoms. The number of carboxylic acid groups (broad SMARTS) is 1. The molecule has 0 spiro atoms. The maximum Gasteiger partial charge on any atom is 0.309 e. The summed E-state index contributed by atoms with van der Waals surface area (Å²) in [6.07, 6.45) is 1.08. The Kier molecular flexibility index (Phi) is 4.54. The summed E-state index contributed by atoms with van der Waals surface area (Å²) in [4.78, 5) is 15.5. The predicted octanol–water partition coefficient (Wildman–Crippen LogP) is 0.733. The van der Waals surface area contributed by atoms with Gasteiger partial charge in [0.15, 0.2) is 0 Å². The van der Waals surface area contributed by atoms with Gasteiger partial charge in [-0.2, -0.15) is 0 Å². The van der Waals surface area contributed by atoms with Crippen LogP contribution in [0.3, 0.4) is 0 Å². The van der Waals surface area contributed by atoms with E-state index in [1.165, 1.54) is 0 Å². The summed E-state index contributed by atoms with van der Waals surface area (Å²) >= 11 is 0. The van der Waals surface area contributed by atoms with E-state index in [1.54, 1.807) is 0 Å². The molecule has 0 aliphatic carbocycles. The summed E-state index contributed by atoms with van der Waals surface area (Å²) in [6, 6.07) is 0.485. The number of carboxylic acids is 1. The van der Waals surface area contributed by atoms with E-state index in [9.17, 15) is 4.79 Å².